The Morgan fingerprint density at radius 3 is 2.83 bits per heavy atom. The molecular formula is C22H32N6O6S. The van der Waals surface area contributed by atoms with Crippen molar-refractivity contribution in [3.8, 4) is 23.0 Å². The summed E-state index contributed by atoms with van der Waals surface area (Å²) in [5, 5.41) is 8.56. The lowest BCUT2D eigenvalue weighted by molar-refractivity contribution is 0.118. The van der Waals surface area contributed by atoms with Crippen LogP contribution in [0, 0.1) is 0 Å². The quantitative estimate of drug-likeness (QED) is 0.493. The molecule has 2 aromatic rings. The van der Waals surface area contributed by atoms with Crippen molar-refractivity contribution in [3.63, 3.8) is 0 Å². The molecule has 12 nitrogen and oxygen atoms in total. The van der Waals surface area contributed by atoms with Gasteiger partial charge in [-0.15, -0.1) is 10.2 Å². The summed E-state index contributed by atoms with van der Waals surface area (Å²) < 4.78 is 45.1. The molecule has 13 heteroatoms. The van der Waals surface area contributed by atoms with E-state index >= 15 is 0 Å². The fraction of sp³-hybridized carbons (Fsp3) is 0.636. The van der Waals surface area contributed by atoms with E-state index in [1.54, 1.807) is 40.8 Å². The van der Waals surface area contributed by atoms with E-state index in [1.807, 2.05) is 13.8 Å². The molecule has 0 N–H and O–H groups in total. The average molecular weight is 509 g/mol. The molecule has 1 saturated heterocycles. The molecule has 0 aliphatic carbocycles. The first-order chi connectivity index (χ1) is 16.8. The van der Waals surface area contributed by atoms with Crippen LogP contribution in [0.1, 0.15) is 32.1 Å². The number of methoxy groups -OCH3 is 1. The van der Waals surface area contributed by atoms with Gasteiger partial charge in [0.15, 0.2) is 21.4 Å². The molecule has 1 fully saturated rings. The van der Waals surface area contributed by atoms with Crippen LogP contribution in [0.25, 0.3) is 11.4 Å². The monoisotopic (exact) mass is 508 g/mol. The van der Waals surface area contributed by atoms with Crippen LogP contribution >= 0.6 is 0 Å². The van der Waals surface area contributed by atoms with Gasteiger partial charge in [0, 0.05) is 39.5 Å². The van der Waals surface area contributed by atoms with Gasteiger partial charge in [0.1, 0.15) is 18.2 Å². The number of rotatable bonds is 9. The van der Waals surface area contributed by atoms with E-state index in [2.05, 4.69) is 15.2 Å². The molecule has 2 aliphatic rings. The topological polar surface area (TPSA) is 129 Å². The molecule has 4 rings (SSSR count). The van der Waals surface area contributed by atoms with Gasteiger partial charge in [0.2, 0.25) is 0 Å². The highest BCUT2D eigenvalue weighted by Gasteiger charge is 2.33. The number of ether oxygens (including phenoxy) is 3. The minimum Gasteiger partial charge on any atom is -0.485 e. The van der Waals surface area contributed by atoms with Crippen molar-refractivity contribution >= 4 is 15.9 Å². The molecule has 192 valence electrons. The molecule has 0 unspecified atom stereocenters. The van der Waals surface area contributed by atoms with Crippen LogP contribution in [0.5, 0.6) is 11.6 Å². The van der Waals surface area contributed by atoms with Crippen molar-refractivity contribution in [2.24, 2.45) is 0 Å². The number of sulfone groups is 1. The van der Waals surface area contributed by atoms with Crippen LogP contribution in [-0.4, -0.2) is 103 Å². The van der Waals surface area contributed by atoms with Crippen molar-refractivity contribution in [1.82, 2.24) is 29.5 Å². The third-order valence-corrected chi connectivity index (χ3v) is 7.79. The average Bonchev–Trinajstić information content (AvgIpc) is 3.14. The van der Waals surface area contributed by atoms with E-state index in [0.717, 1.165) is 6.42 Å². The second-order valence-corrected chi connectivity index (χ2v) is 11.0. The van der Waals surface area contributed by atoms with Crippen molar-refractivity contribution < 1.29 is 27.4 Å². The number of hydrogen-bond acceptors (Lipinski definition) is 9. The molecule has 0 bridgehead atoms. The summed E-state index contributed by atoms with van der Waals surface area (Å²) in [7, 11) is -0.306. The molecule has 4 heterocycles. The van der Waals surface area contributed by atoms with E-state index in [1.165, 1.54) is 0 Å². The first-order valence-electron chi connectivity index (χ1n) is 11.7. The lowest BCUT2D eigenvalue weighted by Crippen LogP contribution is -2.53. The van der Waals surface area contributed by atoms with Crippen LogP contribution in [0.15, 0.2) is 12.3 Å². The predicted octanol–water partition coefficient (Wildman–Crippen LogP) is 1.38. The summed E-state index contributed by atoms with van der Waals surface area (Å²) in [6.07, 6.45) is 2.39. The molecule has 2 atom stereocenters. The van der Waals surface area contributed by atoms with E-state index in [0.29, 0.717) is 42.0 Å². The highest BCUT2D eigenvalue weighted by atomic mass is 32.2. The fourth-order valence-electron chi connectivity index (χ4n) is 4.40. The number of fused-ring (bicyclic) bond motifs is 3. The smallest absolute Gasteiger partial charge is 0.320 e. The summed E-state index contributed by atoms with van der Waals surface area (Å²) in [5.74, 6) is 1.07. The van der Waals surface area contributed by atoms with E-state index in [4.69, 9.17) is 14.2 Å². The Bertz CT molecular complexity index is 1170. The Morgan fingerprint density at radius 2 is 2.09 bits per heavy atom. The number of carbonyl (C=O) groups excluding carboxylic acids is 1. The molecule has 2 aromatic heterocycles. The summed E-state index contributed by atoms with van der Waals surface area (Å²) in [6, 6.07) is 1.23. The van der Waals surface area contributed by atoms with Gasteiger partial charge < -0.3 is 28.6 Å². The van der Waals surface area contributed by atoms with Gasteiger partial charge in [-0.2, -0.15) is 0 Å². The van der Waals surface area contributed by atoms with Crippen molar-refractivity contribution in [1.29, 1.82) is 0 Å². The van der Waals surface area contributed by atoms with Gasteiger partial charge in [-0.3, -0.25) is 0 Å². The second kappa shape index (κ2) is 10.4. The van der Waals surface area contributed by atoms with E-state index in [-0.39, 0.29) is 49.4 Å². The Kier molecular flexibility index (Phi) is 7.45. The van der Waals surface area contributed by atoms with Crippen LogP contribution in [-0.2, 0) is 20.3 Å². The normalized spacial score (nSPS) is 20.2. The van der Waals surface area contributed by atoms with Gasteiger partial charge in [-0.05, 0) is 26.3 Å². The number of aromatic nitrogens is 4. The summed E-state index contributed by atoms with van der Waals surface area (Å²) in [5.41, 5.74) is 0.619. The van der Waals surface area contributed by atoms with Gasteiger partial charge in [0.05, 0.1) is 30.6 Å². The molecule has 0 spiro atoms. The van der Waals surface area contributed by atoms with Gasteiger partial charge in [0.25, 0.3) is 5.88 Å². The third-order valence-electron chi connectivity index (χ3n) is 6.28. The maximum atomic E-state index is 13.1. The fourth-order valence-corrected chi connectivity index (χ4v) is 5.61. The first-order valence-corrected chi connectivity index (χ1v) is 13.5. The lowest BCUT2D eigenvalue weighted by Gasteiger charge is -2.38. The highest BCUT2D eigenvalue weighted by Crippen LogP contribution is 2.40. The summed E-state index contributed by atoms with van der Waals surface area (Å²) in [4.78, 5) is 20.0. The minimum absolute atomic E-state index is 0.00820. The third kappa shape index (κ3) is 5.20. The van der Waals surface area contributed by atoms with Gasteiger partial charge in [-0.1, -0.05) is 0 Å². The zero-order valence-electron chi connectivity index (χ0n) is 20.5. The SMILES string of the molecule is CCOc1nccc2c1OC[C@@H](COC)n1c(CS(=O)(=O)CCN3C(=O)N(C)CC[C@H]3C)nnc1-2. The van der Waals surface area contributed by atoms with Gasteiger partial charge >= 0.3 is 6.03 Å². The Labute approximate surface area is 205 Å². The molecular weight excluding hydrogens is 476 g/mol. The Morgan fingerprint density at radius 1 is 1.29 bits per heavy atom. The number of hydrogen-bond donors (Lipinski definition) is 0. The lowest BCUT2D eigenvalue weighted by atomic mass is 10.1. The van der Waals surface area contributed by atoms with Crippen LogP contribution < -0.4 is 9.47 Å². The molecule has 2 aliphatic heterocycles. The number of carbonyl (C=O) groups is 1. The first kappa shape index (κ1) is 25.2. The second-order valence-electron chi connectivity index (χ2n) is 8.78. The highest BCUT2D eigenvalue weighted by molar-refractivity contribution is 7.90. The number of amides is 2. The van der Waals surface area contributed by atoms with Crippen molar-refractivity contribution in [2.75, 3.05) is 52.8 Å². The maximum absolute atomic E-state index is 13.1. The molecule has 0 radical (unpaired) electrons. The maximum Gasteiger partial charge on any atom is 0.320 e. The number of urea groups is 1. The molecule has 35 heavy (non-hydrogen) atoms. The predicted molar refractivity (Wildman–Crippen MR) is 127 cm³/mol. The minimum atomic E-state index is -3.60. The largest absolute Gasteiger partial charge is 0.485 e. The van der Waals surface area contributed by atoms with Gasteiger partial charge in [-0.25, -0.2) is 18.2 Å². The van der Waals surface area contributed by atoms with Crippen molar-refractivity contribution in [2.45, 2.75) is 38.1 Å². The Hall–Kier alpha value is -2.93. The number of pyridine rings is 1. The molecule has 0 aromatic carbocycles. The van der Waals surface area contributed by atoms with E-state index < -0.39 is 9.84 Å². The zero-order chi connectivity index (χ0) is 25.2. The standard InChI is InChI=1S/C22H32N6O6S/c1-5-33-21-19-17(6-8-23-21)20-25-24-18(28(20)16(12-32-4)13-34-19)14-35(30,31)11-10-27-15(2)7-9-26(3)22(27)29/h6,8,15-16H,5,7,9-14H2,1-4H3/t15-,16-/m1/s1. The molecule has 0 saturated carbocycles. The number of nitrogens with zero attached hydrogens (tertiary/aromatic N) is 6. The Balaban J connectivity index is 1.61. The molecule has 2 amide bonds. The zero-order valence-corrected chi connectivity index (χ0v) is 21.3. The van der Waals surface area contributed by atoms with Crippen LogP contribution in [0.3, 0.4) is 0 Å². The summed E-state index contributed by atoms with van der Waals surface area (Å²) in [6.45, 7) is 5.48. The summed E-state index contributed by atoms with van der Waals surface area (Å²) >= 11 is 0. The van der Waals surface area contributed by atoms with Crippen LogP contribution in [0.2, 0.25) is 0 Å². The van der Waals surface area contributed by atoms with E-state index in [9.17, 15) is 13.2 Å². The van der Waals surface area contributed by atoms with Crippen molar-refractivity contribution in [3.05, 3.63) is 18.1 Å². The van der Waals surface area contributed by atoms with Crippen LogP contribution in [0.4, 0.5) is 4.79 Å².